The molecule has 3 aliphatic rings. The highest BCUT2D eigenvalue weighted by Crippen LogP contribution is 2.45. The van der Waals surface area contributed by atoms with Gasteiger partial charge in [-0.05, 0) is 116 Å². The van der Waals surface area contributed by atoms with Crippen LogP contribution in [0.5, 0.6) is 5.75 Å². The van der Waals surface area contributed by atoms with Crippen LogP contribution in [0.25, 0.3) is 33.4 Å². The number of alkyl carbamates (subject to hydrolysis) is 1. The summed E-state index contributed by atoms with van der Waals surface area (Å²) in [6.07, 6.45) is -1.83. The van der Waals surface area contributed by atoms with Gasteiger partial charge in [0.25, 0.3) is 5.56 Å². The predicted molar refractivity (Wildman–Crippen MR) is 307 cm³/mol. The zero-order valence-corrected chi connectivity index (χ0v) is 48.2. The number of benzene rings is 4. The Hall–Kier alpha value is -8.87. The number of carbonyl (C=O) groups is 7. The zero-order valence-electron chi connectivity index (χ0n) is 48.2. The number of aryl methyl sites for hydroxylation is 1. The summed E-state index contributed by atoms with van der Waals surface area (Å²) in [4.78, 5) is 113. The van der Waals surface area contributed by atoms with Crippen LogP contribution < -0.4 is 20.9 Å². The normalized spacial score (nSPS) is 15.6. The van der Waals surface area contributed by atoms with Crippen LogP contribution in [0.2, 0.25) is 0 Å². The summed E-state index contributed by atoms with van der Waals surface area (Å²) >= 11 is 0. The molecule has 2 aliphatic heterocycles. The maximum Gasteiger partial charge on any atom is 0.514 e. The van der Waals surface area contributed by atoms with Crippen LogP contribution >= 0.6 is 0 Å². The molecule has 0 bridgehead atoms. The molecule has 2 N–H and O–H groups in total. The maximum absolute atomic E-state index is 14.3. The quantitative estimate of drug-likeness (QED) is 0.0435. The largest absolute Gasteiger partial charge is 0.514 e. The molecule has 0 saturated heterocycles. The van der Waals surface area contributed by atoms with Crippen LogP contribution in [0, 0.1) is 11.8 Å². The Bertz CT molecular complexity index is 3560. The Labute approximate surface area is 480 Å². The minimum absolute atomic E-state index is 0.0301. The van der Waals surface area contributed by atoms with E-state index < -0.39 is 64.9 Å². The summed E-state index contributed by atoms with van der Waals surface area (Å²) in [7, 11) is 1.52. The van der Waals surface area contributed by atoms with Crippen molar-refractivity contribution >= 4 is 58.6 Å². The molecule has 3 atom stereocenters. The van der Waals surface area contributed by atoms with E-state index in [0.717, 1.165) is 38.8 Å². The summed E-state index contributed by atoms with van der Waals surface area (Å²) in [5.74, 6) is -3.11. The van der Waals surface area contributed by atoms with Gasteiger partial charge in [-0.15, -0.1) is 0 Å². The third-order valence-corrected chi connectivity index (χ3v) is 15.3. The second-order valence-corrected chi connectivity index (χ2v) is 22.6. The van der Waals surface area contributed by atoms with Gasteiger partial charge in [-0.2, -0.15) is 0 Å². The monoisotopic (exact) mass is 1130 g/mol. The Morgan fingerprint density at radius 2 is 1.55 bits per heavy atom. The molecule has 1 aliphatic carbocycles. The van der Waals surface area contributed by atoms with E-state index in [2.05, 4.69) is 22.8 Å². The molecule has 2 aromatic heterocycles. The molecular formula is C64H69N5O14. The van der Waals surface area contributed by atoms with Gasteiger partial charge >= 0.3 is 30.3 Å². The summed E-state index contributed by atoms with van der Waals surface area (Å²) in [6.45, 7) is 14.1. The van der Waals surface area contributed by atoms with Crippen molar-refractivity contribution in [2.24, 2.45) is 11.8 Å². The lowest BCUT2D eigenvalue weighted by atomic mass is 9.85. The molecule has 0 unspecified atom stereocenters. The topological polar surface area (TPSA) is 237 Å². The average Bonchev–Trinajstić information content (AvgIpc) is 3.14. The SMILES string of the molecule is CCc1c2c(nc3ccc(OC(=O)OC(C)(C)C)cc13)-c1cc3c(c(=O)n1C2)COC(=O)[C@@]3(CC)OC(=O)CCCN(C)C(=O)OCc1ccc(NC(=O)[C@H](C)CC(=O)[C@@H](NC(=O)OCC2c3ccccc3-c3ccccc32)C(C)C)cc1. The molecule has 0 saturated carbocycles. The summed E-state index contributed by atoms with van der Waals surface area (Å²) < 4.78 is 35.2. The van der Waals surface area contributed by atoms with E-state index in [0.29, 0.717) is 34.6 Å². The van der Waals surface area contributed by atoms with Gasteiger partial charge < -0.3 is 48.5 Å². The van der Waals surface area contributed by atoms with Crippen molar-refractivity contribution < 1.29 is 62.0 Å². The molecular weight excluding hydrogens is 1060 g/mol. The highest BCUT2D eigenvalue weighted by Gasteiger charge is 2.50. The number of nitrogens with zero attached hydrogens (tertiary/aromatic N) is 3. The number of ether oxygens (including phenoxy) is 6. The number of hydrogen-bond acceptors (Lipinski definition) is 15. The molecule has 6 aromatic rings. The van der Waals surface area contributed by atoms with Crippen molar-refractivity contribution in [3.05, 3.63) is 146 Å². The van der Waals surface area contributed by atoms with Crippen molar-refractivity contribution in [2.45, 2.75) is 130 Å². The van der Waals surface area contributed by atoms with Gasteiger partial charge in [0.15, 0.2) is 5.78 Å². The number of cyclic esters (lactones) is 1. The van der Waals surface area contributed by atoms with Gasteiger partial charge in [-0.1, -0.05) is 95.3 Å². The first-order valence-electron chi connectivity index (χ1n) is 28.0. The molecule has 83 heavy (non-hydrogen) atoms. The van der Waals surface area contributed by atoms with E-state index >= 15 is 0 Å². The Morgan fingerprint density at radius 1 is 0.867 bits per heavy atom. The van der Waals surface area contributed by atoms with Gasteiger partial charge in [0.2, 0.25) is 11.5 Å². The van der Waals surface area contributed by atoms with Crippen molar-refractivity contribution in [3.8, 4) is 28.3 Å². The number of anilines is 1. The van der Waals surface area contributed by atoms with E-state index in [4.69, 9.17) is 33.4 Å². The van der Waals surface area contributed by atoms with Crippen LogP contribution in [0.4, 0.5) is 20.1 Å². The van der Waals surface area contributed by atoms with E-state index in [1.807, 2.05) is 57.2 Å². The van der Waals surface area contributed by atoms with Crippen molar-refractivity contribution in [1.29, 1.82) is 0 Å². The second kappa shape index (κ2) is 24.3. The predicted octanol–water partition coefficient (Wildman–Crippen LogP) is 10.7. The molecule has 9 rings (SSSR count). The number of esters is 2. The Balaban J connectivity index is 0.742. The fourth-order valence-electron chi connectivity index (χ4n) is 11.0. The van der Waals surface area contributed by atoms with Gasteiger partial charge in [0.05, 0.1) is 35.1 Å². The molecule has 0 spiro atoms. The van der Waals surface area contributed by atoms with Crippen molar-refractivity contribution in [1.82, 2.24) is 19.8 Å². The molecule has 434 valence electrons. The lowest BCUT2D eigenvalue weighted by molar-refractivity contribution is -0.189. The molecule has 4 aromatic carbocycles. The van der Waals surface area contributed by atoms with E-state index in [9.17, 15) is 38.4 Å². The first kappa shape index (κ1) is 58.8. The summed E-state index contributed by atoms with van der Waals surface area (Å²) in [6, 6.07) is 28.6. The number of amides is 3. The van der Waals surface area contributed by atoms with E-state index in [1.165, 1.54) is 11.9 Å². The fraction of sp³-hybridized carbons (Fsp3) is 0.391. The van der Waals surface area contributed by atoms with E-state index in [-0.39, 0.29) is 93.1 Å². The number of hydrogen-bond donors (Lipinski definition) is 2. The third kappa shape index (κ3) is 12.5. The Kier molecular flexibility index (Phi) is 17.2. The third-order valence-electron chi connectivity index (χ3n) is 15.3. The number of pyridine rings is 2. The number of carbonyl (C=O) groups excluding carboxylic acids is 7. The van der Waals surface area contributed by atoms with Crippen molar-refractivity contribution in [2.75, 3.05) is 25.5 Å². The second-order valence-electron chi connectivity index (χ2n) is 22.6. The van der Waals surface area contributed by atoms with Crippen molar-refractivity contribution in [3.63, 3.8) is 0 Å². The number of Topliss-reactive ketones (excluding diaryl/α,β-unsaturated/α-hetero) is 1. The number of fused-ring (bicyclic) bond motifs is 8. The molecule has 0 radical (unpaired) electrons. The highest BCUT2D eigenvalue weighted by molar-refractivity contribution is 5.97. The molecule has 0 fully saturated rings. The van der Waals surface area contributed by atoms with Crippen LogP contribution in [0.3, 0.4) is 0 Å². The molecule has 4 heterocycles. The van der Waals surface area contributed by atoms with Gasteiger partial charge in [-0.25, -0.2) is 24.2 Å². The number of rotatable bonds is 19. The van der Waals surface area contributed by atoms with Crippen LogP contribution in [0.15, 0.2) is 102 Å². The Morgan fingerprint density at radius 3 is 2.20 bits per heavy atom. The zero-order chi connectivity index (χ0) is 59.5. The highest BCUT2D eigenvalue weighted by atomic mass is 16.7. The molecule has 19 heteroatoms. The average molecular weight is 1130 g/mol. The van der Waals surface area contributed by atoms with Crippen LogP contribution in [0.1, 0.15) is 126 Å². The first-order chi connectivity index (χ1) is 39.6. The fourth-order valence-corrected chi connectivity index (χ4v) is 11.0. The summed E-state index contributed by atoms with van der Waals surface area (Å²) in [5.41, 5.74) is 6.06. The first-order valence-corrected chi connectivity index (χ1v) is 28.0. The lowest BCUT2D eigenvalue weighted by Crippen LogP contribution is -2.47. The molecule has 19 nitrogen and oxygen atoms in total. The molecule has 3 amide bonds. The number of ketones is 1. The van der Waals surface area contributed by atoms with Gasteiger partial charge in [-0.3, -0.25) is 19.2 Å². The van der Waals surface area contributed by atoms with Crippen LogP contribution in [-0.4, -0.2) is 88.3 Å². The standard InChI is InChI=1S/C64H69N5O14/c1-10-41-46-30-40(81-62(77)83-63(6,7)8)26-27-51(46)66-56-47(41)32-69-52(56)31-50-49(58(69)73)35-78-59(74)64(50,11-2)82-54(71)21-16-28-68(9)61(76)80-33-38-22-24-39(25-23-38)65-57(72)37(5)29-53(70)55(36(3)4)67-60(75)79-34-48-44-19-14-12-17-42(44)43-18-13-15-20-45(43)48/h12-15,17-20,22-27,30-31,36-37,48,55H,10-11,16,21,28-29,32-35H2,1-9H3,(H,65,72)(H,67,75)/t37-,55+,64+/m1/s1. The number of aromatic nitrogens is 2. The van der Waals surface area contributed by atoms with Gasteiger partial charge in [0.1, 0.15) is 31.2 Å². The number of nitrogens with one attached hydrogen (secondary N) is 2. The van der Waals surface area contributed by atoms with Gasteiger partial charge in [0, 0.05) is 60.5 Å². The van der Waals surface area contributed by atoms with Crippen LogP contribution in [-0.2, 0) is 74.6 Å². The summed E-state index contributed by atoms with van der Waals surface area (Å²) in [5, 5.41) is 6.30. The lowest BCUT2D eigenvalue weighted by Gasteiger charge is -2.35. The van der Waals surface area contributed by atoms with E-state index in [1.54, 1.807) is 87.7 Å². The minimum Gasteiger partial charge on any atom is -0.457 e. The smallest absolute Gasteiger partial charge is 0.457 e. The maximum atomic E-state index is 14.3. The minimum atomic E-state index is -1.92.